The molecule has 0 bridgehead atoms. The predicted octanol–water partition coefficient (Wildman–Crippen LogP) is 2.52. The minimum absolute atomic E-state index is 0.0595. The highest BCUT2D eigenvalue weighted by atomic mass is 16.5. The first kappa shape index (κ1) is 15.4. The van der Waals surface area contributed by atoms with Crippen LogP contribution in [0.3, 0.4) is 0 Å². The summed E-state index contributed by atoms with van der Waals surface area (Å²) in [6, 6.07) is 10.0. The summed E-state index contributed by atoms with van der Waals surface area (Å²) in [5.74, 6) is 2.09. The molecule has 0 saturated heterocycles. The summed E-state index contributed by atoms with van der Waals surface area (Å²) >= 11 is 0. The lowest BCUT2D eigenvalue weighted by Gasteiger charge is -2.27. The number of fused-ring (bicyclic) bond motifs is 2. The first-order chi connectivity index (χ1) is 12.8. The van der Waals surface area contributed by atoms with Crippen LogP contribution in [0.5, 0.6) is 5.75 Å². The van der Waals surface area contributed by atoms with Crippen LogP contribution >= 0.6 is 0 Å². The quantitative estimate of drug-likeness (QED) is 0.787. The molecule has 0 unspecified atom stereocenters. The molecule has 3 aromatic rings. The molecule has 1 aromatic carbocycles. The van der Waals surface area contributed by atoms with Crippen LogP contribution in [0, 0.1) is 0 Å². The number of hydrogen-bond donors (Lipinski definition) is 1. The van der Waals surface area contributed by atoms with Crippen LogP contribution in [0.15, 0.2) is 45.8 Å². The molecule has 0 spiro atoms. The lowest BCUT2D eigenvalue weighted by atomic mass is 10.0. The van der Waals surface area contributed by atoms with Gasteiger partial charge in [-0.15, -0.1) is 0 Å². The largest absolute Gasteiger partial charge is 0.493 e. The fourth-order valence-electron chi connectivity index (χ4n) is 3.76. The van der Waals surface area contributed by atoms with E-state index in [0.29, 0.717) is 24.6 Å². The van der Waals surface area contributed by atoms with Crippen molar-refractivity contribution in [3.8, 4) is 17.3 Å². The van der Waals surface area contributed by atoms with Crippen molar-refractivity contribution in [2.45, 2.75) is 25.9 Å². The first-order valence-corrected chi connectivity index (χ1v) is 8.89. The second-order valence-electron chi connectivity index (χ2n) is 6.82. The van der Waals surface area contributed by atoms with E-state index in [1.54, 1.807) is 18.4 Å². The smallest absolute Gasteiger partial charge is 0.254 e. The number of furan rings is 1. The van der Waals surface area contributed by atoms with Crippen LogP contribution in [-0.2, 0) is 25.9 Å². The van der Waals surface area contributed by atoms with Gasteiger partial charge in [-0.2, -0.15) is 0 Å². The molecule has 2 aliphatic heterocycles. The average Bonchev–Trinajstić information content (AvgIpc) is 3.33. The van der Waals surface area contributed by atoms with Crippen molar-refractivity contribution in [3.05, 3.63) is 69.3 Å². The van der Waals surface area contributed by atoms with Crippen molar-refractivity contribution in [3.63, 3.8) is 0 Å². The number of nitrogens with one attached hydrogen (secondary N) is 1. The van der Waals surface area contributed by atoms with Crippen LogP contribution in [0.2, 0.25) is 0 Å². The monoisotopic (exact) mass is 349 g/mol. The summed E-state index contributed by atoms with van der Waals surface area (Å²) in [5, 5.41) is 0. The number of aromatic nitrogens is 2. The summed E-state index contributed by atoms with van der Waals surface area (Å²) in [7, 11) is 0. The third-order valence-corrected chi connectivity index (χ3v) is 5.07. The molecule has 6 heteroatoms. The van der Waals surface area contributed by atoms with Gasteiger partial charge in [-0.25, -0.2) is 4.98 Å². The van der Waals surface area contributed by atoms with Crippen LogP contribution in [-0.4, -0.2) is 28.0 Å². The molecular formula is C20H19N3O3. The maximum Gasteiger partial charge on any atom is 0.254 e. The highest BCUT2D eigenvalue weighted by molar-refractivity contribution is 5.47. The highest BCUT2D eigenvalue weighted by Crippen LogP contribution is 2.27. The summed E-state index contributed by atoms with van der Waals surface area (Å²) in [6.07, 6.45) is 3.28. The number of H-pyrrole nitrogens is 1. The minimum Gasteiger partial charge on any atom is -0.493 e. The van der Waals surface area contributed by atoms with E-state index in [4.69, 9.17) is 9.15 Å². The number of hydrogen-bond acceptors (Lipinski definition) is 5. The van der Waals surface area contributed by atoms with Crippen molar-refractivity contribution < 1.29 is 9.15 Å². The fraction of sp³-hybridized carbons (Fsp3) is 0.300. The van der Waals surface area contributed by atoms with E-state index in [9.17, 15) is 4.79 Å². The first-order valence-electron chi connectivity index (χ1n) is 8.89. The Bertz CT molecular complexity index is 1010. The molecule has 6 nitrogen and oxygen atoms in total. The van der Waals surface area contributed by atoms with Gasteiger partial charge in [0, 0.05) is 31.6 Å². The molecule has 26 heavy (non-hydrogen) atoms. The second kappa shape index (κ2) is 6.14. The summed E-state index contributed by atoms with van der Waals surface area (Å²) < 4.78 is 11.0. The summed E-state index contributed by atoms with van der Waals surface area (Å²) in [5.41, 5.74) is 4.13. The molecule has 0 aliphatic carbocycles. The third kappa shape index (κ3) is 2.72. The number of benzene rings is 1. The molecule has 0 atom stereocenters. The van der Waals surface area contributed by atoms with E-state index in [0.717, 1.165) is 43.1 Å². The maximum absolute atomic E-state index is 12.4. The van der Waals surface area contributed by atoms with Crippen LogP contribution in [0.4, 0.5) is 0 Å². The fourth-order valence-corrected chi connectivity index (χ4v) is 3.76. The Kier molecular flexibility index (Phi) is 3.64. The van der Waals surface area contributed by atoms with Gasteiger partial charge < -0.3 is 14.1 Å². The van der Waals surface area contributed by atoms with Crippen molar-refractivity contribution in [1.29, 1.82) is 0 Å². The molecule has 5 rings (SSSR count). The zero-order valence-electron chi connectivity index (χ0n) is 14.3. The highest BCUT2D eigenvalue weighted by Gasteiger charge is 2.22. The lowest BCUT2D eigenvalue weighted by molar-refractivity contribution is 0.240. The van der Waals surface area contributed by atoms with E-state index in [2.05, 4.69) is 33.1 Å². The number of aromatic amines is 1. The van der Waals surface area contributed by atoms with Crippen LogP contribution < -0.4 is 10.3 Å². The normalized spacial score (nSPS) is 16.2. The summed E-state index contributed by atoms with van der Waals surface area (Å²) in [4.78, 5) is 22.2. The Balaban J connectivity index is 1.40. The Morgan fingerprint density at radius 3 is 3.08 bits per heavy atom. The second-order valence-corrected chi connectivity index (χ2v) is 6.82. The van der Waals surface area contributed by atoms with Crippen molar-refractivity contribution in [2.24, 2.45) is 0 Å². The Morgan fingerprint density at radius 1 is 1.23 bits per heavy atom. The van der Waals surface area contributed by atoms with Gasteiger partial charge in [-0.3, -0.25) is 9.69 Å². The van der Waals surface area contributed by atoms with Gasteiger partial charge in [0.1, 0.15) is 5.75 Å². The number of nitrogens with zero attached hydrogens (tertiary/aromatic N) is 2. The molecule has 0 fully saturated rings. The van der Waals surface area contributed by atoms with E-state index in [1.807, 2.05) is 0 Å². The molecule has 0 amide bonds. The van der Waals surface area contributed by atoms with Gasteiger partial charge in [-0.1, -0.05) is 12.1 Å². The van der Waals surface area contributed by atoms with Crippen molar-refractivity contribution in [2.75, 3.05) is 13.2 Å². The number of ether oxygens (including phenoxy) is 1. The van der Waals surface area contributed by atoms with Crippen LogP contribution in [0.25, 0.3) is 11.6 Å². The minimum atomic E-state index is -0.0595. The van der Waals surface area contributed by atoms with Crippen molar-refractivity contribution >= 4 is 0 Å². The zero-order valence-corrected chi connectivity index (χ0v) is 14.3. The standard InChI is InChI=1S/C20H19N3O3/c24-20-15-5-7-23(11-13-3-4-17-14(10-13)6-9-26-17)12-16(15)21-19(22-20)18-2-1-8-25-18/h1-4,8,10H,5-7,9,11-12H2,(H,21,22,24). The lowest BCUT2D eigenvalue weighted by Crippen LogP contribution is -2.35. The van der Waals surface area contributed by atoms with Gasteiger partial charge in [-0.05, 0) is 35.7 Å². The Hall–Kier alpha value is -2.86. The molecular weight excluding hydrogens is 330 g/mol. The molecule has 132 valence electrons. The SMILES string of the molecule is O=c1[nH]c(-c2ccco2)nc2c1CCN(Cc1ccc3c(c1)CCO3)C2. The molecule has 2 aromatic heterocycles. The zero-order chi connectivity index (χ0) is 17.5. The molecule has 4 heterocycles. The molecule has 2 aliphatic rings. The predicted molar refractivity (Wildman–Crippen MR) is 96.0 cm³/mol. The van der Waals surface area contributed by atoms with E-state index in [-0.39, 0.29) is 5.56 Å². The summed E-state index contributed by atoms with van der Waals surface area (Å²) in [6.45, 7) is 3.14. The molecule has 0 radical (unpaired) electrons. The Labute approximate surface area is 150 Å². The van der Waals surface area contributed by atoms with Gasteiger partial charge in [0.15, 0.2) is 11.6 Å². The Morgan fingerprint density at radius 2 is 2.19 bits per heavy atom. The van der Waals surface area contributed by atoms with E-state index < -0.39 is 0 Å². The van der Waals surface area contributed by atoms with Crippen LogP contribution in [0.1, 0.15) is 22.4 Å². The molecule has 1 N–H and O–H groups in total. The maximum atomic E-state index is 12.4. The van der Waals surface area contributed by atoms with Gasteiger partial charge in [0.2, 0.25) is 0 Å². The van der Waals surface area contributed by atoms with E-state index >= 15 is 0 Å². The number of rotatable bonds is 3. The van der Waals surface area contributed by atoms with E-state index in [1.165, 1.54) is 11.1 Å². The molecule has 0 saturated carbocycles. The van der Waals surface area contributed by atoms with Gasteiger partial charge >= 0.3 is 0 Å². The van der Waals surface area contributed by atoms with Crippen molar-refractivity contribution in [1.82, 2.24) is 14.9 Å². The van der Waals surface area contributed by atoms with Gasteiger partial charge in [0.05, 0.1) is 18.6 Å². The average molecular weight is 349 g/mol. The topological polar surface area (TPSA) is 71.4 Å². The van der Waals surface area contributed by atoms with Gasteiger partial charge in [0.25, 0.3) is 5.56 Å². The third-order valence-electron chi connectivity index (χ3n) is 5.07.